The van der Waals surface area contributed by atoms with Crippen molar-refractivity contribution in [3.8, 4) is 0 Å². The maximum atomic E-state index is 5.18. The molecule has 1 aliphatic rings. The predicted octanol–water partition coefficient (Wildman–Crippen LogP) is 4.14. The number of likely N-dealkylation sites (N-methyl/N-ethyl adjacent to an activating group) is 2. The molecule has 0 spiro atoms. The van der Waals surface area contributed by atoms with E-state index in [1.165, 1.54) is 11.1 Å². The normalized spacial score (nSPS) is 21.3. The van der Waals surface area contributed by atoms with Gasteiger partial charge in [-0.05, 0) is 50.0 Å². The average Bonchev–Trinajstić information content (AvgIpc) is 2.96. The van der Waals surface area contributed by atoms with Gasteiger partial charge < -0.3 is 10.6 Å². The fourth-order valence-electron chi connectivity index (χ4n) is 3.84. The van der Waals surface area contributed by atoms with Gasteiger partial charge in [0, 0.05) is 21.8 Å². The van der Waals surface area contributed by atoms with Crippen LogP contribution in [0.4, 0.5) is 0 Å². The van der Waals surface area contributed by atoms with E-state index in [2.05, 4.69) is 94.7 Å². The van der Waals surface area contributed by atoms with Gasteiger partial charge in [0.05, 0.1) is 12.1 Å². The monoisotopic (exact) mass is 400 g/mol. The number of nitrogens with one attached hydrogen (secondary N) is 2. The molecule has 27 heavy (non-hydrogen) atoms. The molecule has 4 nitrogen and oxygen atoms in total. The van der Waals surface area contributed by atoms with Crippen molar-refractivity contribution in [1.82, 2.24) is 20.0 Å². The summed E-state index contributed by atoms with van der Waals surface area (Å²) in [6.07, 6.45) is 2.26. The Kier molecular flexibility index (Phi) is 7.20. The Morgan fingerprint density at radius 3 is 1.85 bits per heavy atom. The summed E-state index contributed by atoms with van der Waals surface area (Å²) in [5.74, 6) is 0. The van der Waals surface area contributed by atoms with Crippen LogP contribution in [-0.4, -0.2) is 48.3 Å². The third-order valence-electron chi connectivity index (χ3n) is 5.16. The van der Waals surface area contributed by atoms with E-state index in [4.69, 9.17) is 12.2 Å². The lowest BCUT2D eigenvalue weighted by atomic mass is 9.93. The van der Waals surface area contributed by atoms with Crippen molar-refractivity contribution < 1.29 is 0 Å². The topological polar surface area (TPSA) is 30.5 Å². The number of benzene rings is 2. The molecule has 2 N–H and O–H groups in total. The molecule has 2 atom stereocenters. The van der Waals surface area contributed by atoms with Crippen LogP contribution in [0.25, 0.3) is 0 Å². The zero-order valence-electron chi connectivity index (χ0n) is 16.3. The third kappa shape index (κ3) is 4.67. The summed E-state index contributed by atoms with van der Waals surface area (Å²) in [5.41, 5.74) is 2.78. The average molecular weight is 401 g/mol. The van der Waals surface area contributed by atoms with Crippen LogP contribution in [0, 0.1) is 0 Å². The predicted molar refractivity (Wildman–Crippen MR) is 120 cm³/mol. The summed E-state index contributed by atoms with van der Waals surface area (Å²) in [4.78, 5) is 0. The van der Waals surface area contributed by atoms with Gasteiger partial charge in [-0.3, -0.25) is 9.34 Å². The zero-order chi connectivity index (χ0) is 19.2. The van der Waals surface area contributed by atoms with Gasteiger partial charge in [0.15, 0.2) is 5.11 Å². The van der Waals surface area contributed by atoms with Crippen LogP contribution in [-0.2, 0) is 0 Å². The smallest absolute Gasteiger partial charge is 0.166 e. The number of hydrogen-bond acceptors (Lipinski definition) is 3. The first-order valence-corrected chi connectivity index (χ1v) is 11.3. The quantitative estimate of drug-likeness (QED) is 0.432. The first kappa shape index (κ1) is 20.2. The number of thiocarbonyl (C=S) groups is 1. The molecule has 0 unspecified atom stereocenters. The van der Waals surface area contributed by atoms with Crippen LogP contribution in [0.15, 0.2) is 60.7 Å². The molecule has 2 aromatic carbocycles. The van der Waals surface area contributed by atoms with Crippen LogP contribution >= 0.6 is 20.4 Å². The van der Waals surface area contributed by atoms with Crippen molar-refractivity contribution in [2.24, 2.45) is 0 Å². The summed E-state index contributed by atoms with van der Waals surface area (Å²) in [5, 5.41) is 6.96. The molecule has 1 heterocycles. The maximum Gasteiger partial charge on any atom is 0.166 e. The van der Waals surface area contributed by atoms with Gasteiger partial charge in [-0.1, -0.05) is 60.7 Å². The van der Waals surface area contributed by atoms with E-state index in [9.17, 15) is 0 Å². The fraction of sp³-hybridized carbons (Fsp3) is 0.381. The Balaban J connectivity index is 1.79. The molecule has 3 rings (SSSR count). The van der Waals surface area contributed by atoms with Gasteiger partial charge in [-0.2, -0.15) is 0 Å². The summed E-state index contributed by atoms with van der Waals surface area (Å²) in [7, 11) is 6.06. The van der Waals surface area contributed by atoms with E-state index in [1.54, 1.807) is 0 Å². The molecule has 144 valence electrons. The van der Waals surface area contributed by atoms with Crippen LogP contribution in [0.1, 0.15) is 29.6 Å². The Bertz CT molecular complexity index is 676. The Morgan fingerprint density at radius 2 is 1.41 bits per heavy atom. The molecular formula is C21H29N4PS. The Morgan fingerprint density at radius 1 is 0.926 bits per heavy atom. The second kappa shape index (κ2) is 9.61. The lowest BCUT2D eigenvalue weighted by Gasteiger charge is -2.27. The van der Waals surface area contributed by atoms with E-state index >= 15 is 0 Å². The highest BCUT2D eigenvalue weighted by molar-refractivity contribution is 7.80. The number of nitrogens with zero attached hydrogens (tertiary/aromatic N) is 2. The summed E-state index contributed by atoms with van der Waals surface area (Å²) < 4.78 is 5.19. The van der Waals surface area contributed by atoms with Crippen LogP contribution in [0.3, 0.4) is 0 Å². The first-order chi connectivity index (χ1) is 13.1. The van der Waals surface area contributed by atoms with E-state index in [-0.39, 0.29) is 8.22 Å². The molecule has 0 aromatic heterocycles. The third-order valence-corrected chi connectivity index (χ3v) is 8.18. The van der Waals surface area contributed by atoms with Gasteiger partial charge in [0.2, 0.25) is 0 Å². The van der Waals surface area contributed by atoms with Gasteiger partial charge in [0.25, 0.3) is 0 Å². The zero-order valence-corrected chi connectivity index (χ0v) is 18.0. The Labute approximate surface area is 169 Å². The minimum atomic E-state index is -0.366. The van der Waals surface area contributed by atoms with E-state index < -0.39 is 0 Å². The van der Waals surface area contributed by atoms with Gasteiger partial charge >= 0.3 is 0 Å². The SMILES string of the molecule is CNC(=S)NCCCP1N(C)[C@H](c2ccccc2)[C@@H](c2ccccc2)N1C. The van der Waals surface area contributed by atoms with Gasteiger partial charge in [0.1, 0.15) is 0 Å². The van der Waals surface area contributed by atoms with Gasteiger partial charge in [-0.15, -0.1) is 0 Å². The molecule has 0 bridgehead atoms. The van der Waals surface area contributed by atoms with E-state index in [1.807, 2.05) is 7.05 Å². The number of rotatable bonds is 6. The van der Waals surface area contributed by atoms with Gasteiger partial charge in [-0.25, -0.2) is 0 Å². The molecule has 2 aromatic rings. The molecule has 0 saturated carbocycles. The fourth-order valence-corrected chi connectivity index (χ4v) is 6.55. The van der Waals surface area contributed by atoms with E-state index in [0.717, 1.165) is 24.2 Å². The summed E-state index contributed by atoms with van der Waals surface area (Å²) >= 11 is 5.18. The first-order valence-electron chi connectivity index (χ1n) is 9.42. The van der Waals surface area contributed by atoms with Crippen molar-refractivity contribution >= 4 is 25.6 Å². The Hall–Kier alpha value is -1.52. The second-order valence-electron chi connectivity index (χ2n) is 6.81. The molecular weight excluding hydrogens is 371 g/mol. The molecule has 6 heteroatoms. The highest BCUT2D eigenvalue weighted by Crippen LogP contribution is 2.62. The number of hydrogen-bond donors (Lipinski definition) is 2. The minimum Gasteiger partial charge on any atom is -0.366 e. The lowest BCUT2D eigenvalue weighted by molar-refractivity contribution is 0.316. The van der Waals surface area contributed by atoms with Crippen molar-refractivity contribution in [2.75, 3.05) is 33.8 Å². The largest absolute Gasteiger partial charge is 0.366 e. The van der Waals surface area contributed by atoms with Crippen molar-refractivity contribution in [3.05, 3.63) is 71.8 Å². The van der Waals surface area contributed by atoms with Crippen LogP contribution in [0.5, 0.6) is 0 Å². The van der Waals surface area contributed by atoms with Crippen LogP contribution in [0.2, 0.25) is 0 Å². The molecule has 1 fully saturated rings. The molecule has 0 aliphatic carbocycles. The van der Waals surface area contributed by atoms with Crippen molar-refractivity contribution in [3.63, 3.8) is 0 Å². The van der Waals surface area contributed by atoms with Crippen molar-refractivity contribution in [2.45, 2.75) is 18.5 Å². The molecule has 0 radical (unpaired) electrons. The standard InChI is InChI=1S/C21H29N4PS/c1-22-21(27)23-15-10-16-26-24(2)19(17-11-6-4-7-12-17)20(25(26)3)18-13-8-5-9-14-18/h4-9,11-14,19-20H,10,15-16H2,1-3H3,(H2,22,23,27)/t19-,20-/m1/s1. The molecule has 0 amide bonds. The maximum absolute atomic E-state index is 5.18. The van der Waals surface area contributed by atoms with E-state index in [0.29, 0.717) is 12.1 Å². The minimum absolute atomic E-state index is 0.366. The molecule has 1 aliphatic heterocycles. The van der Waals surface area contributed by atoms with Crippen LogP contribution < -0.4 is 10.6 Å². The van der Waals surface area contributed by atoms with Crippen molar-refractivity contribution in [1.29, 1.82) is 0 Å². The highest BCUT2D eigenvalue weighted by Gasteiger charge is 2.44. The molecule has 1 saturated heterocycles. The lowest BCUT2D eigenvalue weighted by Crippen LogP contribution is -2.33. The summed E-state index contributed by atoms with van der Waals surface area (Å²) in [6.45, 7) is 0.909. The summed E-state index contributed by atoms with van der Waals surface area (Å²) in [6, 6.07) is 22.6. The second-order valence-corrected chi connectivity index (χ2v) is 9.68. The highest BCUT2D eigenvalue weighted by atomic mass is 32.1.